The molecule has 0 aliphatic heterocycles. The topological polar surface area (TPSA) is 118 Å². The number of nitrogens with two attached hydrogens (primary N) is 2. The second-order valence-corrected chi connectivity index (χ2v) is 6.49. The van der Waals surface area contributed by atoms with Gasteiger partial charge in [-0.05, 0) is 61.7 Å². The number of hydrogen-bond acceptors (Lipinski definition) is 3. The molecule has 6 N–H and O–H groups in total. The van der Waals surface area contributed by atoms with Gasteiger partial charge in [-0.1, -0.05) is 24.0 Å². The van der Waals surface area contributed by atoms with E-state index in [2.05, 4.69) is 32.7 Å². The highest BCUT2D eigenvalue weighted by atomic mass is 16.2. The first-order chi connectivity index (χ1) is 13.5. The predicted molar refractivity (Wildman–Crippen MR) is 113 cm³/mol. The zero-order valence-electron chi connectivity index (χ0n) is 15.6. The van der Waals surface area contributed by atoms with E-state index in [0.29, 0.717) is 23.0 Å². The van der Waals surface area contributed by atoms with Crippen molar-refractivity contribution in [3.8, 4) is 11.8 Å². The zero-order valence-corrected chi connectivity index (χ0v) is 15.6. The number of guanidine groups is 1. The van der Waals surface area contributed by atoms with E-state index in [0.717, 1.165) is 11.1 Å². The van der Waals surface area contributed by atoms with Gasteiger partial charge in [-0.2, -0.15) is 5.10 Å². The van der Waals surface area contributed by atoms with Crippen molar-refractivity contribution < 1.29 is 4.79 Å². The second kappa shape index (κ2) is 8.73. The molecule has 1 aliphatic rings. The van der Waals surface area contributed by atoms with Crippen LogP contribution in [0.2, 0.25) is 0 Å². The Labute approximate surface area is 163 Å². The maximum Gasteiger partial charge on any atom is 0.323 e. The van der Waals surface area contributed by atoms with Crippen LogP contribution in [0.3, 0.4) is 0 Å². The van der Waals surface area contributed by atoms with E-state index in [1.165, 1.54) is 12.8 Å². The van der Waals surface area contributed by atoms with Crippen molar-refractivity contribution in [2.75, 3.05) is 10.6 Å². The summed E-state index contributed by atoms with van der Waals surface area (Å²) in [6.45, 7) is 1.79. The average Bonchev–Trinajstić information content (AvgIpc) is 3.50. The van der Waals surface area contributed by atoms with Crippen LogP contribution in [0.5, 0.6) is 0 Å². The molecule has 0 atom stereocenters. The van der Waals surface area contributed by atoms with Crippen LogP contribution < -0.4 is 22.1 Å². The van der Waals surface area contributed by atoms with E-state index >= 15 is 0 Å². The second-order valence-electron chi connectivity index (χ2n) is 6.49. The lowest BCUT2D eigenvalue weighted by molar-refractivity contribution is 0.262. The molecule has 3 rings (SSSR count). The summed E-state index contributed by atoms with van der Waals surface area (Å²) in [4.78, 5) is 12.2. The predicted octanol–water partition coefficient (Wildman–Crippen LogP) is 3.09. The molecule has 0 aromatic heterocycles. The summed E-state index contributed by atoms with van der Waals surface area (Å²) in [7, 11) is 0. The Morgan fingerprint density at radius 1 is 0.964 bits per heavy atom. The van der Waals surface area contributed by atoms with Crippen LogP contribution in [-0.2, 0) is 0 Å². The first kappa shape index (κ1) is 19.0. The molecule has 0 spiro atoms. The van der Waals surface area contributed by atoms with Crippen molar-refractivity contribution in [1.82, 2.24) is 0 Å². The van der Waals surface area contributed by atoms with E-state index in [4.69, 9.17) is 11.5 Å². The molecule has 2 aromatic carbocycles. The van der Waals surface area contributed by atoms with E-state index in [-0.39, 0.29) is 12.0 Å². The zero-order chi connectivity index (χ0) is 19.9. The van der Waals surface area contributed by atoms with Crippen LogP contribution >= 0.6 is 0 Å². The van der Waals surface area contributed by atoms with Crippen LogP contribution in [0.1, 0.15) is 30.9 Å². The molecule has 142 valence electrons. The molecule has 0 heterocycles. The van der Waals surface area contributed by atoms with Gasteiger partial charge >= 0.3 is 6.03 Å². The van der Waals surface area contributed by atoms with Crippen LogP contribution in [0.25, 0.3) is 0 Å². The SMILES string of the molecule is C/C(=N\N=C(N)N)c1ccc(NC(=O)Nc2ccc(C#CC3CC3)cc2)cc1. The molecule has 1 fully saturated rings. The minimum Gasteiger partial charge on any atom is -0.369 e. The number of benzene rings is 2. The first-order valence-electron chi connectivity index (χ1n) is 8.93. The van der Waals surface area contributed by atoms with Gasteiger partial charge in [0.2, 0.25) is 5.96 Å². The third-order valence-electron chi connectivity index (χ3n) is 4.02. The number of amides is 2. The summed E-state index contributed by atoms with van der Waals surface area (Å²) >= 11 is 0. The minimum absolute atomic E-state index is 0.0997. The number of nitrogens with zero attached hydrogens (tertiary/aromatic N) is 2. The standard InChI is InChI=1S/C21H22N6O/c1-14(26-27-20(22)23)17-8-12-19(13-9-17)25-21(28)24-18-10-6-16(7-11-18)5-4-15-2-3-15/h6-13,15H,2-3H2,1H3,(H4,22,23,27)(H2,24,25,28)/b26-14+. The molecule has 2 amide bonds. The Balaban J connectivity index is 1.55. The van der Waals surface area contributed by atoms with Crippen molar-refractivity contribution >= 4 is 29.1 Å². The van der Waals surface area contributed by atoms with Crippen LogP contribution in [0.4, 0.5) is 16.2 Å². The number of hydrogen-bond donors (Lipinski definition) is 4. The van der Waals surface area contributed by atoms with Gasteiger partial charge in [0.05, 0.1) is 5.71 Å². The van der Waals surface area contributed by atoms with Gasteiger partial charge in [-0.15, -0.1) is 5.10 Å². The van der Waals surface area contributed by atoms with Crippen LogP contribution in [0.15, 0.2) is 58.7 Å². The summed E-state index contributed by atoms with van der Waals surface area (Å²) in [5.74, 6) is 6.83. The fraction of sp³-hybridized carbons (Fsp3) is 0.190. The third-order valence-corrected chi connectivity index (χ3v) is 4.02. The number of rotatable bonds is 4. The van der Waals surface area contributed by atoms with Gasteiger partial charge in [0.25, 0.3) is 0 Å². The Morgan fingerprint density at radius 3 is 2.07 bits per heavy atom. The highest BCUT2D eigenvalue weighted by Gasteiger charge is 2.17. The average molecular weight is 374 g/mol. The van der Waals surface area contributed by atoms with Gasteiger partial charge in [0.15, 0.2) is 0 Å². The number of anilines is 2. The maximum atomic E-state index is 12.2. The largest absolute Gasteiger partial charge is 0.369 e. The van der Waals surface area contributed by atoms with E-state index in [1.807, 2.05) is 36.4 Å². The monoisotopic (exact) mass is 374 g/mol. The molecule has 2 aromatic rings. The molecule has 7 nitrogen and oxygen atoms in total. The lowest BCUT2D eigenvalue weighted by Gasteiger charge is -2.08. The van der Waals surface area contributed by atoms with Crippen LogP contribution in [-0.4, -0.2) is 17.7 Å². The minimum atomic E-state index is -0.324. The molecule has 0 bridgehead atoms. The first-order valence-corrected chi connectivity index (χ1v) is 8.93. The van der Waals surface area contributed by atoms with Gasteiger partial charge in [-0.25, -0.2) is 4.79 Å². The van der Waals surface area contributed by atoms with Gasteiger partial charge in [-0.3, -0.25) is 0 Å². The number of urea groups is 1. The normalized spacial score (nSPS) is 13.1. The van der Waals surface area contributed by atoms with E-state index < -0.39 is 0 Å². The van der Waals surface area contributed by atoms with E-state index in [9.17, 15) is 4.79 Å². The molecule has 0 radical (unpaired) electrons. The number of carbonyl (C=O) groups excluding carboxylic acids is 1. The Kier molecular flexibility index (Phi) is 5.92. The van der Waals surface area contributed by atoms with Crippen molar-refractivity contribution in [2.24, 2.45) is 27.6 Å². The lowest BCUT2D eigenvalue weighted by atomic mass is 10.1. The summed E-state index contributed by atoms with van der Waals surface area (Å²) in [6.07, 6.45) is 2.41. The molecule has 1 aliphatic carbocycles. The Bertz CT molecular complexity index is 957. The maximum absolute atomic E-state index is 12.2. The number of carbonyl (C=O) groups is 1. The van der Waals surface area contributed by atoms with Crippen LogP contribution in [0, 0.1) is 17.8 Å². The molecule has 1 saturated carbocycles. The summed E-state index contributed by atoms with van der Waals surface area (Å²) in [6, 6.07) is 14.4. The van der Waals surface area contributed by atoms with Gasteiger partial charge in [0.1, 0.15) is 0 Å². The Hall–Kier alpha value is -3.79. The van der Waals surface area contributed by atoms with Crippen molar-refractivity contribution in [2.45, 2.75) is 19.8 Å². The Morgan fingerprint density at radius 2 is 1.54 bits per heavy atom. The van der Waals surface area contributed by atoms with Gasteiger partial charge in [0, 0.05) is 22.9 Å². The highest BCUT2D eigenvalue weighted by Crippen LogP contribution is 2.27. The third kappa shape index (κ3) is 5.88. The summed E-state index contributed by atoms with van der Waals surface area (Å²) in [5.41, 5.74) is 14.3. The summed E-state index contributed by atoms with van der Waals surface area (Å²) in [5, 5.41) is 13.1. The molecular weight excluding hydrogens is 352 g/mol. The molecule has 0 unspecified atom stereocenters. The lowest BCUT2D eigenvalue weighted by Crippen LogP contribution is -2.22. The van der Waals surface area contributed by atoms with E-state index in [1.54, 1.807) is 19.1 Å². The molecule has 7 heteroatoms. The van der Waals surface area contributed by atoms with Gasteiger partial charge < -0.3 is 22.1 Å². The molecular formula is C21H22N6O. The van der Waals surface area contributed by atoms with Crippen molar-refractivity contribution in [3.63, 3.8) is 0 Å². The smallest absolute Gasteiger partial charge is 0.323 e. The number of nitrogens with one attached hydrogen (secondary N) is 2. The molecule has 0 saturated heterocycles. The highest BCUT2D eigenvalue weighted by molar-refractivity contribution is 6.01. The van der Waals surface area contributed by atoms with Crippen molar-refractivity contribution in [3.05, 3.63) is 59.7 Å². The quantitative estimate of drug-likeness (QED) is 0.285. The fourth-order valence-corrected chi connectivity index (χ4v) is 2.33. The summed E-state index contributed by atoms with van der Waals surface area (Å²) < 4.78 is 0. The fourth-order valence-electron chi connectivity index (χ4n) is 2.33. The molecule has 28 heavy (non-hydrogen) atoms. The van der Waals surface area contributed by atoms with Crippen molar-refractivity contribution in [1.29, 1.82) is 0 Å².